The summed E-state index contributed by atoms with van der Waals surface area (Å²) >= 11 is 2.06. The second kappa shape index (κ2) is 12.5. The molecule has 2 unspecified atom stereocenters. The van der Waals surface area contributed by atoms with Crippen LogP contribution < -0.4 is 15.4 Å². The number of aliphatic imine (C=N–C) groups is 1. The van der Waals surface area contributed by atoms with Crippen molar-refractivity contribution >= 4 is 41.7 Å². The summed E-state index contributed by atoms with van der Waals surface area (Å²) in [7, 11) is 1.60. The molecule has 1 fully saturated rings. The molecule has 3 N–H and O–H groups in total. The van der Waals surface area contributed by atoms with E-state index in [0.29, 0.717) is 24.8 Å². The highest BCUT2D eigenvalue weighted by Crippen LogP contribution is 2.29. The third-order valence-electron chi connectivity index (χ3n) is 4.42. The monoisotopic (exact) mass is 493 g/mol. The van der Waals surface area contributed by atoms with Gasteiger partial charge < -0.3 is 20.5 Å². The smallest absolute Gasteiger partial charge is 0.191 e. The molecule has 0 bridgehead atoms. The lowest BCUT2D eigenvalue weighted by Gasteiger charge is -2.17. The number of nitrogens with one attached hydrogen (secondary N) is 2. The summed E-state index contributed by atoms with van der Waals surface area (Å²) in [6, 6.07) is 5.92. The molecule has 0 aromatic heterocycles. The molecule has 1 aromatic rings. The molecular formula is C19H32IN3O2S. The van der Waals surface area contributed by atoms with Gasteiger partial charge >= 0.3 is 0 Å². The number of benzene rings is 1. The first-order valence-corrected chi connectivity index (χ1v) is 10.2. The van der Waals surface area contributed by atoms with Crippen LogP contribution in [0.2, 0.25) is 0 Å². The van der Waals surface area contributed by atoms with Crippen LogP contribution in [0.25, 0.3) is 0 Å². The Kier molecular flexibility index (Phi) is 11.2. The molecule has 1 aromatic carbocycles. The summed E-state index contributed by atoms with van der Waals surface area (Å²) in [5.41, 5.74) is 0.890. The van der Waals surface area contributed by atoms with E-state index in [4.69, 9.17) is 4.74 Å². The molecule has 0 saturated heterocycles. The van der Waals surface area contributed by atoms with Gasteiger partial charge in [0.2, 0.25) is 0 Å². The van der Waals surface area contributed by atoms with Crippen molar-refractivity contribution in [3.05, 3.63) is 23.8 Å². The van der Waals surface area contributed by atoms with Crippen molar-refractivity contribution in [1.29, 1.82) is 0 Å². The third kappa shape index (κ3) is 7.42. The minimum absolute atomic E-state index is 0. The molecule has 26 heavy (non-hydrogen) atoms. The van der Waals surface area contributed by atoms with Gasteiger partial charge in [-0.1, -0.05) is 13.0 Å². The van der Waals surface area contributed by atoms with Crippen molar-refractivity contribution < 1.29 is 9.84 Å². The zero-order valence-corrected chi connectivity index (χ0v) is 19.1. The van der Waals surface area contributed by atoms with E-state index >= 15 is 0 Å². The van der Waals surface area contributed by atoms with Crippen molar-refractivity contribution in [2.24, 2.45) is 4.99 Å². The highest BCUT2D eigenvalue weighted by Gasteiger charge is 2.25. The molecule has 0 aliphatic heterocycles. The predicted octanol–water partition coefficient (Wildman–Crippen LogP) is 3.79. The quantitative estimate of drug-likeness (QED) is 0.292. The molecule has 0 amide bonds. The van der Waals surface area contributed by atoms with Crippen LogP contribution in [-0.2, 0) is 6.42 Å². The fraction of sp³-hybridized carbons (Fsp3) is 0.632. The first-order chi connectivity index (χ1) is 12.2. The van der Waals surface area contributed by atoms with Gasteiger partial charge in [0.25, 0.3) is 0 Å². The minimum Gasteiger partial charge on any atom is -0.508 e. The van der Waals surface area contributed by atoms with E-state index in [9.17, 15) is 5.11 Å². The molecule has 5 nitrogen and oxygen atoms in total. The van der Waals surface area contributed by atoms with E-state index in [1.54, 1.807) is 13.2 Å². The molecule has 148 valence electrons. The van der Waals surface area contributed by atoms with Gasteiger partial charge in [0.15, 0.2) is 5.96 Å². The lowest BCUT2D eigenvalue weighted by Crippen LogP contribution is -2.42. The largest absolute Gasteiger partial charge is 0.508 e. The van der Waals surface area contributed by atoms with Crippen LogP contribution in [-0.4, -0.2) is 48.3 Å². The molecule has 0 radical (unpaired) electrons. The van der Waals surface area contributed by atoms with Gasteiger partial charge in [0.1, 0.15) is 11.5 Å². The number of nitrogens with zero attached hydrogens (tertiary/aromatic N) is 1. The van der Waals surface area contributed by atoms with E-state index < -0.39 is 0 Å². The van der Waals surface area contributed by atoms with Gasteiger partial charge in [-0.2, -0.15) is 11.8 Å². The topological polar surface area (TPSA) is 65.9 Å². The Morgan fingerprint density at radius 3 is 2.81 bits per heavy atom. The normalized spacial score (nSPS) is 19.7. The van der Waals surface area contributed by atoms with Gasteiger partial charge in [0.05, 0.1) is 7.11 Å². The summed E-state index contributed by atoms with van der Waals surface area (Å²) in [6.45, 7) is 5.79. The molecule has 1 saturated carbocycles. The number of phenols is 1. The van der Waals surface area contributed by atoms with E-state index in [1.807, 2.05) is 12.1 Å². The van der Waals surface area contributed by atoms with Crippen molar-refractivity contribution in [2.75, 3.05) is 26.0 Å². The summed E-state index contributed by atoms with van der Waals surface area (Å²) in [6.07, 6.45) is 4.41. The second-order valence-electron chi connectivity index (χ2n) is 6.24. The number of hydrogen-bond donors (Lipinski definition) is 3. The maximum Gasteiger partial charge on any atom is 0.191 e. The highest BCUT2D eigenvalue weighted by molar-refractivity contribution is 14.0. The van der Waals surface area contributed by atoms with Crippen LogP contribution in [0.1, 0.15) is 38.7 Å². The first kappa shape index (κ1) is 23.2. The number of thioether (sulfide) groups is 1. The summed E-state index contributed by atoms with van der Waals surface area (Å²) in [5, 5.41) is 17.7. The molecule has 7 heteroatoms. The third-order valence-corrected chi connectivity index (χ3v) is 5.65. The number of guanidine groups is 1. The maximum atomic E-state index is 10.0. The van der Waals surface area contributed by atoms with Crippen LogP contribution in [0.4, 0.5) is 0 Å². The molecule has 1 aliphatic carbocycles. The van der Waals surface area contributed by atoms with Gasteiger partial charge in [-0.3, -0.25) is 4.99 Å². The average Bonchev–Trinajstić information content (AvgIpc) is 3.04. The number of ether oxygens (including phenoxy) is 1. The zero-order valence-electron chi connectivity index (χ0n) is 16.0. The van der Waals surface area contributed by atoms with Crippen LogP contribution in [0.15, 0.2) is 23.2 Å². The second-order valence-corrected chi connectivity index (χ2v) is 7.81. The van der Waals surface area contributed by atoms with Gasteiger partial charge in [-0.25, -0.2) is 0 Å². The number of rotatable bonds is 8. The number of aromatic hydroxyl groups is 1. The Hall–Kier alpha value is -0.830. The van der Waals surface area contributed by atoms with E-state index in [0.717, 1.165) is 23.3 Å². The summed E-state index contributed by atoms with van der Waals surface area (Å²) in [5.74, 6) is 3.00. The zero-order chi connectivity index (χ0) is 18.1. The fourth-order valence-corrected chi connectivity index (χ4v) is 4.28. The van der Waals surface area contributed by atoms with Crippen molar-refractivity contribution in [1.82, 2.24) is 10.6 Å². The SMILES string of the molecule is CCNC(=NCCc1ccc(OC)cc1O)NC1CCC(SCC)C1.I. The number of halogens is 1. The average molecular weight is 493 g/mol. The van der Waals surface area contributed by atoms with Gasteiger partial charge in [-0.15, -0.1) is 24.0 Å². The molecule has 0 spiro atoms. The predicted molar refractivity (Wildman–Crippen MR) is 122 cm³/mol. The molecule has 1 aliphatic rings. The lowest BCUT2D eigenvalue weighted by atomic mass is 10.1. The number of phenolic OH excluding ortho intramolecular Hbond substituents is 1. The van der Waals surface area contributed by atoms with E-state index in [-0.39, 0.29) is 29.7 Å². The van der Waals surface area contributed by atoms with Crippen molar-refractivity contribution in [2.45, 2.75) is 50.8 Å². The Balaban J connectivity index is 0.00000338. The van der Waals surface area contributed by atoms with E-state index in [2.05, 4.69) is 41.2 Å². The maximum absolute atomic E-state index is 10.0. The van der Waals surface area contributed by atoms with Gasteiger partial charge in [0, 0.05) is 30.4 Å². The lowest BCUT2D eigenvalue weighted by molar-refractivity contribution is 0.406. The highest BCUT2D eigenvalue weighted by atomic mass is 127. The Bertz CT molecular complexity index is 572. The van der Waals surface area contributed by atoms with E-state index in [1.165, 1.54) is 25.0 Å². The van der Waals surface area contributed by atoms with Crippen LogP contribution in [0, 0.1) is 0 Å². The Morgan fingerprint density at radius 1 is 1.35 bits per heavy atom. The fourth-order valence-electron chi connectivity index (χ4n) is 3.14. The minimum atomic E-state index is 0. The summed E-state index contributed by atoms with van der Waals surface area (Å²) < 4.78 is 5.12. The van der Waals surface area contributed by atoms with Crippen LogP contribution in [0.3, 0.4) is 0 Å². The molecule has 0 heterocycles. The molecule has 2 rings (SSSR count). The Labute approximate surface area is 178 Å². The van der Waals surface area contributed by atoms with Gasteiger partial charge in [-0.05, 0) is 50.0 Å². The summed E-state index contributed by atoms with van der Waals surface area (Å²) in [4.78, 5) is 4.67. The standard InChI is InChI=1S/C19H31N3O2S.HI/c1-4-20-19(22-15-7-9-17(12-15)25-5-2)21-11-10-14-6-8-16(24-3)13-18(14)23;/h6,8,13,15,17,23H,4-5,7,9-12H2,1-3H3,(H2,20,21,22);1H. The first-order valence-electron chi connectivity index (χ1n) is 9.18. The number of hydrogen-bond acceptors (Lipinski definition) is 4. The van der Waals surface area contributed by atoms with Crippen LogP contribution >= 0.6 is 35.7 Å². The van der Waals surface area contributed by atoms with Crippen LogP contribution in [0.5, 0.6) is 11.5 Å². The molecular weight excluding hydrogens is 461 g/mol. The number of methoxy groups -OCH3 is 1. The van der Waals surface area contributed by atoms with Crippen molar-refractivity contribution in [3.8, 4) is 11.5 Å². The van der Waals surface area contributed by atoms with Crippen molar-refractivity contribution in [3.63, 3.8) is 0 Å². The Morgan fingerprint density at radius 2 is 2.15 bits per heavy atom. The molecule has 2 atom stereocenters.